The molecule has 0 spiro atoms. The van der Waals surface area contributed by atoms with Gasteiger partial charge in [-0.2, -0.15) is 0 Å². The minimum atomic E-state index is -2.27. The molecule has 0 bridgehead atoms. The van der Waals surface area contributed by atoms with Gasteiger partial charge in [0.05, 0.1) is 0 Å². The van der Waals surface area contributed by atoms with Gasteiger partial charge in [-0.05, 0) is 0 Å². The van der Waals surface area contributed by atoms with Gasteiger partial charge in [0.25, 0.3) is 0 Å². The Morgan fingerprint density at radius 2 is 0.765 bits per heavy atom. The summed E-state index contributed by atoms with van der Waals surface area (Å²) in [6, 6.07) is 0. The van der Waals surface area contributed by atoms with E-state index in [2.05, 4.69) is 74.0 Å². The molecule has 0 N–H and O–H groups in total. The number of hydrogen-bond acceptors (Lipinski definition) is 3. The molecule has 0 aliphatic carbocycles. The van der Waals surface area contributed by atoms with Gasteiger partial charge in [-0.3, -0.25) is 0 Å². The SMILES string of the molecule is C[Si](C)(C)OP(=[Se])(O[Si](C)(C)C)O[Si](C)(C)C. The second kappa shape index (κ2) is 5.85. The van der Waals surface area contributed by atoms with Crippen LogP contribution in [0.15, 0.2) is 0 Å². The van der Waals surface area contributed by atoms with E-state index >= 15 is 0 Å². The molecule has 0 fully saturated rings. The van der Waals surface area contributed by atoms with Crippen LogP contribution in [0.3, 0.4) is 0 Å². The van der Waals surface area contributed by atoms with E-state index in [0.717, 1.165) is 0 Å². The van der Waals surface area contributed by atoms with Crippen molar-refractivity contribution in [1.29, 1.82) is 0 Å². The molecule has 8 heteroatoms. The summed E-state index contributed by atoms with van der Waals surface area (Å²) in [5.41, 5.74) is 0. The molecule has 0 rings (SSSR count). The Balaban J connectivity index is 5.03. The van der Waals surface area contributed by atoms with Crippen molar-refractivity contribution in [3.63, 3.8) is 0 Å². The van der Waals surface area contributed by atoms with Crippen molar-refractivity contribution in [2.75, 3.05) is 0 Å². The predicted molar refractivity (Wildman–Crippen MR) is 86.0 cm³/mol. The molecular formula is C9H27O3PSeSi3. The van der Waals surface area contributed by atoms with Crippen molar-refractivity contribution >= 4 is 46.2 Å². The second-order valence-electron chi connectivity index (χ2n) is 7.06. The van der Waals surface area contributed by atoms with Gasteiger partial charge >= 0.3 is 118 Å². The molecule has 0 aromatic heterocycles. The van der Waals surface area contributed by atoms with E-state index in [1.807, 2.05) is 0 Å². The molecule has 0 radical (unpaired) electrons. The third-order valence-corrected chi connectivity index (χ3v) is 14.6. The average molecular weight is 378 g/mol. The first-order chi connectivity index (χ1) is 7.12. The van der Waals surface area contributed by atoms with E-state index in [-0.39, 0.29) is 0 Å². The first-order valence-corrected chi connectivity index (χ1v) is 19.8. The maximum absolute atomic E-state index is 6.20. The van der Waals surface area contributed by atoms with E-state index < -0.39 is 31.1 Å². The average Bonchev–Trinajstić information content (AvgIpc) is 1.65. The fourth-order valence-corrected chi connectivity index (χ4v) is 23.2. The van der Waals surface area contributed by atoms with E-state index in [9.17, 15) is 0 Å². The monoisotopic (exact) mass is 378 g/mol. The van der Waals surface area contributed by atoms with Crippen molar-refractivity contribution in [2.45, 2.75) is 58.9 Å². The zero-order chi connectivity index (χ0) is 14.1. The standard InChI is InChI=1S/C9H27O3PSeSi3/c1-15(2,3)10-13(14,11-16(4,5)6)12-17(7,8)9/h1-9H3. The molecule has 17 heavy (non-hydrogen) atoms. The van der Waals surface area contributed by atoms with Gasteiger partial charge < -0.3 is 0 Å². The van der Waals surface area contributed by atoms with Gasteiger partial charge in [0.2, 0.25) is 0 Å². The fraction of sp³-hybridized carbons (Fsp3) is 1.00. The van der Waals surface area contributed by atoms with Crippen LogP contribution in [-0.2, 0) is 12.6 Å². The Hall–Kier alpha value is 1.48. The summed E-state index contributed by atoms with van der Waals surface area (Å²) >= 11 is 3.11. The Labute approximate surface area is 117 Å². The minimum absolute atomic E-state index is 1.68. The van der Waals surface area contributed by atoms with Crippen LogP contribution in [0, 0.1) is 0 Å². The quantitative estimate of drug-likeness (QED) is 0.508. The van der Waals surface area contributed by atoms with Crippen molar-refractivity contribution in [2.24, 2.45) is 0 Å². The third-order valence-electron chi connectivity index (χ3n) is 1.16. The summed E-state index contributed by atoms with van der Waals surface area (Å²) < 4.78 is 18.6. The van der Waals surface area contributed by atoms with Gasteiger partial charge in [-0.25, -0.2) is 0 Å². The molecule has 0 aromatic carbocycles. The van der Waals surface area contributed by atoms with Crippen LogP contribution < -0.4 is 0 Å². The molecule has 0 saturated carbocycles. The predicted octanol–water partition coefficient (Wildman–Crippen LogP) is 4.39. The molecule has 0 aromatic rings. The van der Waals surface area contributed by atoms with Crippen LogP contribution in [0.4, 0.5) is 0 Å². The summed E-state index contributed by atoms with van der Waals surface area (Å²) in [7, 11) is -5.04. The molecular weight excluding hydrogens is 350 g/mol. The van der Waals surface area contributed by atoms with E-state index in [1.54, 1.807) is 0 Å². The van der Waals surface area contributed by atoms with Crippen LogP contribution >= 0.6 is 6.19 Å². The Morgan fingerprint density at radius 1 is 0.588 bits per heavy atom. The van der Waals surface area contributed by atoms with Crippen molar-refractivity contribution in [3.05, 3.63) is 0 Å². The van der Waals surface area contributed by atoms with Crippen LogP contribution in [0.5, 0.6) is 0 Å². The normalized spacial score (nSPS) is 15.1. The van der Waals surface area contributed by atoms with Crippen LogP contribution in [-0.4, -0.2) is 40.1 Å². The molecule has 0 atom stereocenters. The topological polar surface area (TPSA) is 27.7 Å². The van der Waals surface area contributed by atoms with Gasteiger partial charge in [-0.15, -0.1) is 0 Å². The second-order valence-corrected chi connectivity index (χ2v) is 25.6. The van der Waals surface area contributed by atoms with Crippen molar-refractivity contribution < 1.29 is 12.6 Å². The van der Waals surface area contributed by atoms with Crippen molar-refractivity contribution in [1.82, 2.24) is 0 Å². The summed E-state index contributed by atoms with van der Waals surface area (Å²) in [5, 5.41) is 0. The summed E-state index contributed by atoms with van der Waals surface area (Å²) in [6.45, 7) is 19.5. The van der Waals surface area contributed by atoms with Gasteiger partial charge in [0.1, 0.15) is 0 Å². The molecule has 0 aliphatic heterocycles. The van der Waals surface area contributed by atoms with E-state index in [0.29, 0.717) is 0 Å². The van der Waals surface area contributed by atoms with E-state index in [4.69, 9.17) is 12.6 Å². The van der Waals surface area contributed by atoms with Gasteiger partial charge in [-0.1, -0.05) is 0 Å². The third kappa shape index (κ3) is 11.0. The van der Waals surface area contributed by atoms with Crippen LogP contribution in [0.1, 0.15) is 0 Å². The molecule has 0 saturated heterocycles. The van der Waals surface area contributed by atoms with E-state index in [1.165, 1.54) is 0 Å². The van der Waals surface area contributed by atoms with Gasteiger partial charge in [0, 0.05) is 0 Å². The Morgan fingerprint density at radius 3 is 0.882 bits per heavy atom. The molecule has 0 aliphatic rings. The fourth-order valence-electron chi connectivity index (χ4n) is 1.06. The first-order valence-electron chi connectivity index (χ1n) is 5.84. The molecule has 104 valence electrons. The molecule has 0 unspecified atom stereocenters. The summed E-state index contributed by atoms with van der Waals surface area (Å²) in [4.78, 5) is 0. The molecule has 0 heterocycles. The zero-order valence-electron chi connectivity index (χ0n) is 12.6. The Bertz CT molecular complexity index is 257. The van der Waals surface area contributed by atoms with Crippen LogP contribution in [0.2, 0.25) is 58.9 Å². The van der Waals surface area contributed by atoms with Crippen molar-refractivity contribution in [3.8, 4) is 0 Å². The summed E-state index contributed by atoms with van der Waals surface area (Å²) in [5.74, 6) is 0. The molecule has 3 nitrogen and oxygen atoms in total. The summed E-state index contributed by atoms with van der Waals surface area (Å²) in [6.07, 6.45) is -2.27. The zero-order valence-corrected chi connectivity index (χ0v) is 18.2. The molecule has 0 amide bonds. The number of hydrogen-bond donors (Lipinski definition) is 0. The van der Waals surface area contributed by atoms with Gasteiger partial charge in [0.15, 0.2) is 0 Å². The number of rotatable bonds is 6. The maximum atomic E-state index is 6.20. The van der Waals surface area contributed by atoms with Crippen LogP contribution in [0.25, 0.3) is 0 Å². The first kappa shape index (κ1) is 18.5. The Kier molecular flexibility index (Phi) is 6.36.